The van der Waals surface area contributed by atoms with Gasteiger partial charge in [-0.25, -0.2) is 0 Å². The van der Waals surface area contributed by atoms with E-state index in [-0.39, 0.29) is 24.9 Å². The molecule has 0 unspecified atom stereocenters. The molecule has 6 nitrogen and oxygen atoms in total. The van der Waals surface area contributed by atoms with Crippen LogP contribution >= 0.6 is 0 Å². The van der Waals surface area contributed by atoms with E-state index in [4.69, 9.17) is 18.9 Å². The topological polar surface area (TPSA) is 60.4 Å². The third-order valence-corrected chi connectivity index (χ3v) is 3.12. The normalized spacial score (nSPS) is 38.3. The van der Waals surface area contributed by atoms with E-state index < -0.39 is 12.1 Å². The zero-order chi connectivity index (χ0) is 13.3. The number of hydrogen-bond donors (Lipinski definition) is 1. The summed E-state index contributed by atoms with van der Waals surface area (Å²) < 4.78 is 22.8. The van der Waals surface area contributed by atoms with Crippen molar-refractivity contribution in [2.75, 3.05) is 33.9 Å². The maximum absolute atomic E-state index is 9.30. The van der Waals surface area contributed by atoms with Crippen LogP contribution < -0.4 is 0 Å². The van der Waals surface area contributed by atoms with Crippen molar-refractivity contribution in [2.24, 2.45) is 0 Å². The lowest BCUT2D eigenvalue weighted by Crippen LogP contribution is -2.39. The zero-order valence-corrected chi connectivity index (χ0v) is 11.5. The number of rotatable bonds is 5. The van der Waals surface area contributed by atoms with E-state index in [0.717, 1.165) is 6.54 Å². The van der Waals surface area contributed by atoms with E-state index in [1.54, 1.807) is 0 Å². The third kappa shape index (κ3) is 3.01. The molecule has 0 aromatic heterocycles. The molecule has 0 aromatic rings. The molecule has 0 radical (unpaired) electrons. The fourth-order valence-electron chi connectivity index (χ4n) is 2.27. The van der Waals surface area contributed by atoms with Crippen molar-refractivity contribution in [3.05, 3.63) is 0 Å². The molecule has 0 aromatic carbocycles. The van der Waals surface area contributed by atoms with Crippen LogP contribution in [0.4, 0.5) is 0 Å². The molecule has 106 valence electrons. The van der Waals surface area contributed by atoms with Crippen LogP contribution in [0.5, 0.6) is 0 Å². The molecule has 2 fully saturated rings. The van der Waals surface area contributed by atoms with Crippen molar-refractivity contribution in [3.63, 3.8) is 0 Å². The van der Waals surface area contributed by atoms with Gasteiger partial charge in [-0.1, -0.05) is 0 Å². The summed E-state index contributed by atoms with van der Waals surface area (Å²) in [6, 6.07) is 0. The molecule has 0 bridgehead atoms. The van der Waals surface area contributed by atoms with Gasteiger partial charge in [0.05, 0.1) is 13.2 Å². The Balaban J connectivity index is 1.93. The van der Waals surface area contributed by atoms with Gasteiger partial charge in [0.25, 0.3) is 0 Å². The van der Waals surface area contributed by atoms with Gasteiger partial charge < -0.3 is 29.0 Å². The van der Waals surface area contributed by atoms with Gasteiger partial charge in [0.2, 0.25) is 0 Å². The number of nitrogens with zero attached hydrogens (tertiary/aromatic N) is 1. The van der Waals surface area contributed by atoms with E-state index in [1.807, 2.05) is 32.8 Å². The molecule has 2 aliphatic rings. The van der Waals surface area contributed by atoms with Crippen LogP contribution in [0, 0.1) is 0 Å². The summed E-state index contributed by atoms with van der Waals surface area (Å²) >= 11 is 0. The van der Waals surface area contributed by atoms with E-state index >= 15 is 0 Å². The van der Waals surface area contributed by atoms with E-state index in [2.05, 4.69) is 0 Å². The Bertz CT molecular complexity index is 284. The van der Waals surface area contributed by atoms with Crippen molar-refractivity contribution in [1.82, 2.24) is 4.90 Å². The predicted molar refractivity (Wildman–Crippen MR) is 64.1 cm³/mol. The highest BCUT2D eigenvalue weighted by Crippen LogP contribution is 2.38. The van der Waals surface area contributed by atoms with Gasteiger partial charge in [0.1, 0.15) is 18.3 Å². The molecule has 4 atom stereocenters. The highest BCUT2D eigenvalue weighted by Gasteiger charge is 2.55. The van der Waals surface area contributed by atoms with Gasteiger partial charge >= 0.3 is 0 Å². The first-order valence-electron chi connectivity index (χ1n) is 6.31. The Morgan fingerprint density at radius 3 is 2.61 bits per heavy atom. The van der Waals surface area contributed by atoms with Crippen LogP contribution in [-0.2, 0) is 18.9 Å². The quantitative estimate of drug-likeness (QED) is 0.740. The Kier molecular flexibility index (Phi) is 4.25. The van der Waals surface area contributed by atoms with Crippen molar-refractivity contribution in [3.8, 4) is 0 Å². The van der Waals surface area contributed by atoms with Gasteiger partial charge in [-0.2, -0.15) is 0 Å². The minimum Gasteiger partial charge on any atom is -0.394 e. The standard InChI is InChI=1S/C12H23NO5/c1-12(2)17-10-9(15-6-5-13(3)4)8(7-14)16-11(10)18-12/h8-11,14H,5-7H2,1-4H3/t8-,9+,10-,11-/m1/s1. The summed E-state index contributed by atoms with van der Waals surface area (Å²) in [7, 11) is 3.97. The molecule has 2 rings (SSSR count). The second kappa shape index (κ2) is 5.40. The summed E-state index contributed by atoms with van der Waals surface area (Å²) in [6.45, 7) is 4.99. The smallest absolute Gasteiger partial charge is 0.190 e. The average Bonchev–Trinajstić information content (AvgIpc) is 2.71. The van der Waals surface area contributed by atoms with E-state index in [1.165, 1.54) is 0 Å². The first-order chi connectivity index (χ1) is 8.43. The number of hydrogen-bond acceptors (Lipinski definition) is 6. The second-order valence-corrected chi connectivity index (χ2v) is 5.46. The SMILES string of the molecule is CN(C)CCO[C@@H]1[C@H]2OC(C)(C)O[C@H]2O[C@@H]1CO. The number of ether oxygens (including phenoxy) is 4. The molecule has 2 heterocycles. The molecule has 2 aliphatic heterocycles. The molecular formula is C12H23NO5. The number of likely N-dealkylation sites (N-methyl/N-ethyl adjacent to an activating group) is 1. The molecule has 0 saturated carbocycles. The highest BCUT2D eigenvalue weighted by atomic mass is 16.8. The van der Waals surface area contributed by atoms with Crippen molar-refractivity contribution < 1.29 is 24.1 Å². The Hall–Kier alpha value is -0.240. The Morgan fingerprint density at radius 2 is 2.00 bits per heavy atom. The van der Waals surface area contributed by atoms with Gasteiger partial charge in [0, 0.05) is 6.54 Å². The number of aliphatic hydroxyl groups excluding tert-OH is 1. The minimum absolute atomic E-state index is 0.0905. The van der Waals surface area contributed by atoms with Gasteiger partial charge in [0.15, 0.2) is 12.1 Å². The van der Waals surface area contributed by atoms with Gasteiger partial charge in [-0.05, 0) is 27.9 Å². The maximum Gasteiger partial charge on any atom is 0.190 e. The molecule has 18 heavy (non-hydrogen) atoms. The molecular weight excluding hydrogens is 238 g/mol. The van der Waals surface area contributed by atoms with Crippen LogP contribution in [0.2, 0.25) is 0 Å². The van der Waals surface area contributed by atoms with Crippen LogP contribution in [0.15, 0.2) is 0 Å². The summed E-state index contributed by atoms with van der Waals surface area (Å²) in [5.74, 6) is -0.654. The summed E-state index contributed by atoms with van der Waals surface area (Å²) in [5.41, 5.74) is 0. The van der Waals surface area contributed by atoms with Crippen molar-refractivity contribution in [1.29, 1.82) is 0 Å². The molecule has 0 aliphatic carbocycles. The summed E-state index contributed by atoms with van der Waals surface area (Å²) in [5, 5.41) is 9.30. The average molecular weight is 261 g/mol. The largest absolute Gasteiger partial charge is 0.394 e. The summed E-state index contributed by atoms with van der Waals surface area (Å²) in [4.78, 5) is 2.04. The predicted octanol–water partition coefficient (Wildman–Crippen LogP) is -0.198. The molecule has 1 N–H and O–H groups in total. The molecule has 2 saturated heterocycles. The van der Waals surface area contributed by atoms with Crippen LogP contribution in [-0.4, -0.2) is 74.2 Å². The van der Waals surface area contributed by atoms with Crippen molar-refractivity contribution in [2.45, 2.75) is 44.2 Å². The van der Waals surface area contributed by atoms with Crippen LogP contribution in [0.25, 0.3) is 0 Å². The first-order valence-corrected chi connectivity index (χ1v) is 6.31. The maximum atomic E-state index is 9.30. The fourth-order valence-corrected chi connectivity index (χ4v) is 2.27. The first kappa shape index (κ1) is 14.2. The fraction of sp³-hybridized carbons (Fsp3) is 1.00. The van der Waals surface area contributed by atoms with Crippen LogP contribution in [0.3, 0.4) is 0 Å². The Morgan fingerprint density at radius 1 is 1.28 bits per heavy atom. The second-order valence-electron chi connectivity index (χ2n) is 5.46. The number of aliphatic hydroxyl groups is 1. The van der Waals surface area contributed by atoms with Gasteiger partial charge in [-0.3, -0.25) is 0 Å². The van der Waals surface area contributed by atoms with E-state index in [0.29, 0.717) is 6.61 Å². The summed E-state index contributed by atoms with van der Waals surface area (Å²) in [6.07, 6.45) is -1.36. The van der Waals surface area contributed by atoms with Gasteiger partial charge in [-0.15, -0.1) is 0 Å². The third-order valence-electron chi connectivity index (χ3n) is 3.12. The minimum atomic E-state index is -0.654. The molecule has 6 heteroatoms. The molecule has 0 spiro atoms. The number of fused-ring (bicyclic) bond motifs is 1. The highest BCUT2D eigenvalue weighted by molar-refractivity contribution is 4.93. The Labute approximate surface area is 108 Å². The lowest BCUT2D eigenvalue weighted by atomic mass is 10.1. The van der Waals surface area contributed by atoms with Crippen molar-refractivity contribution >= 4 is 0 Å². The zero-order valence-electron chi connectivity index (χ0n) is 11.5. The monoisotopic (exact) mass is 261 g/mol. The lowest BCUT2D eigenvalue weighted by molar-refractivity contribution is -0.222. The van der Waals surface area contributed by atoms with E-state index in [9.17, 15) is 5.11 Å². The van der Waals surface area contributed by atoms with Crippen LogP contribution in [0.1, 0.15) is 13.8 Å². The molecule has 0 amide bonds. The lowest BCUT2D eigenvalue weighted by Gasteiger charge is -2.25.